The molecule has 0 fully saturated rings. The van der Waals surface area contributed by atoms with Crippen molar-refractivity contribution in [1.29, 1.82) is 0 Å². The zero-order valence-corrected chi connectivity index (χ0v) is 14.7. The van der Waals surface area contributed by atoms with E-state index in [9.17, 15) is 14.4 Å². The van der Waals surface area contributed by atoms with Gasteiger partial charge < -0.3 is 20.1 Å². The molecule has 0 saturated carbocycles. The van der Waals surface area contributed by atoms with Crippen molar-refractivity contribution in [2.75, 3.05) is 25.6 Å². The molecule has 2 N–H and O–H groups in total. The molecule has 0 heterocycles. The quantitative estimate of drug-likeness (QED) is 0.723. The summed E-state index contributed by atoms with van der Waals surface area (Å²) in [4.78, 5) is 34.8. The SMILES string of the molecule is CNC(=O)c1ccc(NC(=O)COC(=O)COc2ccccc2Cl)cc1. The average Bonchev–Trinajstić information content (AvgIpc) is 2.65. The van der Waals surface area contributed by atoms with Gasteiger partial charge in [-0.25, -0.2) is 4.79 Å². The number of halogens is 1. The molecule has 7 nitrogen and oxygen atoms in total. The first kappa shape index (κ1) is 19.3. The molecule has 26 heavy (non-hydrogen) atoms. The number of carbonyl (C=O) groups is 3. The van der Waals surface area contributed by atoms with Crippen LogP contribution in [0.2, 0.25) is 5.02 Å². The molecule has 0 spiro atoms. The van der Waals surface area contributed by atoms with E-state index in [2.05, 4.69) is 10.6 Å². The van der Waals surface area contributed by atoms with E-state index < -0.39 is 18.5 Å². The number of anilines is 1. The van der Waals surface area contributed by atoms with Gasteiger partial charge in [0.15, 0.2) is 13.2 Å². The molecule has 2 amide bonds. The van der Waals surface area contributed by atoms with Crippen molar-refractivity contribution in [3.8, 4) is 5.75 Å². The van der Waals surface area contributed by atoms with Crippen LogP contribution < -0.4 is 15.4 Å². The van der Waals surface area contributed by atoms with E-state index in [0.29, 0.717) is 22.0 Å². The molecule has 0 radical (unpaired) electrons. The van der Waals surface area contributed by atoms with Gasteiger partial charge >= 0.3 is 5.97 Å². The fourth-order valence-corrected chi connectivity index (χ4v) is 2.12. The van der Waals surface area contributed by atoms with Crippen LogP contribution in [0.4, 0.5) is 5.69 Å². The van der Waals surface area contributed by atoms with E-state index in [0.717, 1.165) is 0 Å². The maximum Gasteiger partial charge on any atom is 0.344 e. The minimum atomic E-state index is -0.699. The van der Waals surface area contributed by atoms with Gasteiger partial charge in [0, 0.05) is 18.3 Å². The lowest BCUT2D eigenvalue weighted by atomic mass is 10.2. The Labute approximate surface area is 155 Å². The summed E-state index contributed by atoms with van der Waals surface area (Å²) in [6, 6.07) is 13.0. The number of rotatable bonds is 7. The summed E-state index contributed by atoms with van der Waals surface area (Å²) in [6.45, 7) is -0.820. The minimum Gasteiger partial charge on any atom is -0.480 e. The highest BCUT2D eigenvalue weighted by molar-refractivity contribution is 6.32. The molecule has 136 valence electrons. The summed E-state index contributed by atoms with van der Waals surface area (Å²) in [7, 11) is 1.53. The summed E-state index contributed by atoms with van der Waals surface area (Å²) in [5, 5.41) is 5.43. The lowest BCUT2D eigenvalue weighted by molar-refractivity contribution is -0.149. The number of nitrogens with one attached hydrogen (secondary N) is 2. The molecule has 0 unspecified atom stereocenters. The van der Waals surface area contributed by atoms with Crippen molar-refractivity contribution in [3.63, 3.8) is 0 Å². The van der Waals surface area contributed by atoms with Crippen molar-refractivity contribution in [1.82, 2.24) is 5.32 Å². The Morgan fingerprint density at radius 2 is 1.69 bits per heavy atom. The topological polar surface area (TPSA) is 93.7 Å². The Balaban J connectivity index is 1.75. The van der Waals surface area contributed by atoms with Gasteiger partial charge in [0.1, 0.15) is 5.75 Å². The van der Waals surface area contributed by atoms with Gasteiger partial charge in [-0.1, -0.05) is 23.7 Å². The molecule has 8 heteroatoms. The van der Waals surface area contributed by atoms with Gasteiger partial charge in [0.25, 0.3) is 11.8 Å². The minimum absolute atomic E-state index is 0.227. The van der Waals surface area contributed by atoms with E-state index in [1.54, 1.807) is 48.5 Å². The van der Waals surface area contributed by atoms with Gasteiger partial charge in [-0.3, -0.25) is 9.59 Å². The second kappa shape index (κ2) is 9.43. The first-order valence-corrected chi connectivity index (χ1v) is 8.02. The zero-order valence-electron chi connectivity index (χ0n) is 14.0. The maximum absolute atomic E-state index is 11.8. The van der Waals surface area contributed by atoms with Crippen LogP contribution in [0.5, 0.6) is 5.75 Å². The van der Waals surface area contributed by atoms with Crippen molar-refractivity contribution >= 4 is 35.1 Å². The van der Waals surface area contributed by atoms with E-state index in [1.807, 2.05) is 0 Å². The number of ether oxygens (including phenoxy) is 2. The summed E-state index contributed by atoms with van der Waals surface area (Å²) in [6.07, 6.45) is 0. The first-order valence-electron chi connectivity index (χ1n) is 7.64. The molecule has 2 aromatic rings. The number of amides is 2. The summed E-state index contributed by atoms with van der Waals surface area (Å²) >= 11 is 5.90. The van der Waals surface area contributed by atoms with Crippen LogP contribution in [-0.4, -0.2) is 38.0 Å². The van der Waals surface area contributed by atoms with Crippen LogP contribution in [0.3, 0.4) is 0 Å². The Bertz CT molecular complexity index is 792. The molecule has 0 aromatic heterocycles. The predicted molar refractivity (Wildman–Crippen MR) is 96.4 cm³/mol. The standard InChI is InChI=1S/C18H17ClN2O5/c1-20-18(24)12-6-8-13(9-7-12)21-16(22)10-26-17(23)11-25-15-5-3-2-4-14(15)19/h2-9H,10-11H2,1H3,(H,20,24)(H,21,22). The largest absolute Gasteiger partial charge is 0.480 e. The van der Waals surface area contributed by atoms with E-state index in [1.165, 1.54) is 7.05 Å². The van der Waals surface area contributed by atoms with Crippen molar-refractivity contribution < 1.29 is 23.9 Å². The Morgan fingerprint density at radius 3 is 2.35 bits per heavy atom. The van der Waals surface area contributed by atoms with Crippen LogP contribution >= 0.6 is 11.6 Å². The third kappa shape index (κ3) is 5.78. The molecular formula is C18H17ClN2O5. The maximum atomic E-state index is 11.8. The van der Waals surface area contributed by atoms with E-state index >= 15 is 0 Å². The Morgan fingerprint density at radius 1 is 1.00 bits per heavy atom. The van der Waals surface area contributed by atoms with Crippen molar-refractivity contribution in [2.24, 2.45) is 0 Å². The zero-order chi connectivity index (χ0) is 18.9. The first-order chi connectivity index (χ1) is 12.5. The molecule has 0 atom stereocenters. The van der Waals surface area contributed by atoms with Gasteiger partial charge in [-0.15, -0.1) is 0 Å². The number of hydrogen-bond acceptors (Lipinski definition) is 5. The fraction of sp³-hybridized carbons (Fsp3) is 0.167. The highest BCUT2D eigenvalue weighted by Crippen LogP contribution is 2.22. The van der Waals surface area contributed by atoms with Crippen LogP contribution in [0.1, 0.15) is 10.4 Å². The smallest absolute Gasteiger partial charge is 0.344 e. The van der Waals surface area contributed by atoms with Gasteiger partial charge in [-0.05, 0) is 36.4 Å². The number of carbonyl (C=O) groups excluding carboxylic acids is 3. The molecular weight excluding hydrogens is 360 g/mol. The number of para-hydroxylation sites is 1. The monoisotopic (exact) mass is 376 g/mol. The molecule has 0 aliphatic rings. The lowest BCUT2D eigenvalue weighted by Crippen LogP contribution is -2.23. The number of hydrogen-bond donors (Lipinski definition) is 2. The normalized spacial score (nSPS) is 9.92. The van der Waals surface area contributed by atoms with E-state index in [-0.39, 0.29) is 12.5 Å². The summed E-state index contributed by atoms with van der Waals surface area (Å²) in [5.41, 5.74) is 0.944. The second-order valence-electron chi connectivity index (χ2n) is 5.08. The average molecular weight is 377 g/mol. The number of esters is 1. The van der Waals surface area contributed by atoms with Gasteiger partial charge in [0.05, 0.1) is 5.02 Å². The van der Waals surface area contributed by atoms with Gasteiger partial charge in [0.2, 0.25) is 0 Å². The molecule has 0 saturated heterocycles. The van der Waals surface area contributed by atoms with Crippen molar-refractivity contribution in [2.45, 2.75) is 0 Å². The predicted octanol–water partition coefficient (Wildman–Crippen LogP) is 2.26. The van der Waals surface area contributed by atoms with Crippen LogP contribution in [-0.2, 0) is 14.3 Å². The molecule has 0 aliphatic heterocycles. The molecule has 0 bridgehead atoms. The van der Waals surface area contributed by atoms with E-state index in [4.69, 9.17) is 21.1 Å². The highest BCUT2D eigenvalue weighted by atomic mass is 35.5. The summed E-state index contributed by atoms with van der Waals surface area (Å²) < 4.78 is 10.1. The van der Waals surface area contributed by atoms with Gasteiger partial charge in [-0.2, -0.15) is 0 Å². The second-order valence-corrected chi connectivity index (χ2v) is 5.49. The Hall–Kier alpha value is -3.06. The van der Waals surface area contributed by atoms with Crippen LogP contribution in [0.25, 0.3) is 0 Å². The molecule has 0 aliphatic carbocycles. The molecule has 2 aromatic carbocycles. The van der Waals surface area contributed by atoms with Crippen LogP contribution in [0.15, 0.2) is 48.5 Å². The number of benzene rings is 2. The third-order valence-corrected chi connectivity index (χ3v) is 3.52. The highest BCUT2D eigenvalue weighted by Gasteiger charge is 2.10. The third-order valence-electron chi connectivity index (χ3n) is 3.20. The van der Waals surface area contributed by atoms with Crippen LogP contribution in [0, 0.1) is 0 Å². The fourth-order valence-electron chi connectivity index (χ4n) is 1.93. The molecule has 2 rings (SSSR count). The summed E-state index contributed by atoms with van der Waals surface area (Å²) in [5.74, 6) is -1.08. The van der Waals surface area contributed by atoms with Crippen molar-refractivity contribution in [3.05, 3.63) is 59.1 Å². The lowest BCUT2D eigenvalue weighted by Gasteiger charge is -2.09. The Kier molecular flexibility index (Phi) is 6.99.